The van der Waals surface area contributed by atoms with Crippen LogP contribution in [0, 0.1) is 0 Å². The zero-order chi connectivity index (χ0) is 12.7. The summed E-state index contributed by atoms with van der Waals surface area (Å²) < 4.78 is 15.1. The van der Waals surface area contributed by atoms with Crippen molar-refractivity contribution in [1.82, 2.24) is 4.98 Å². The Balaban J connectivity index is 2.24. The average Bonchev–Trinajstić information content (AvgIpc) is 2.82. The Morgan fingerprint density at radius 1 is 1.33 bits per heavy atom. The molecule has 6 heteroatoms. The minimum absolute atomic E-state index is 0.168. The number of carbonyl (C=O) groups is 1. The van der Waals surface area contributed by atoms with Crippen molar-refractivity contribution in [3.8, 4) is 11.5 Å². The van der Waals surface area contributed by atoms with Crippen LogP contribution in [-0.4, -0.2) is 24.9 Å². The van der Waals surface area contributed by atoms with Gasteiger partial charge in [0.25, 0.3) is 0 Å². The van der Waals surface area contributed by atoms with Gasteiger partial charge in [-0.15, -0.1) is 0 Å². The predicted molar refractivity (Wildman–Crippen MR) is 63.6 cm³/mol. The number of esters is 1. The number of benzene rings is 1. The molecule has 6 nitrogen and oxygen atoms in total. The van der Waals surface area contributed by atoms with Gasteiger partial charge in [0.05, 0.1) is 12.6 Å². The lowest BCUT2D eigenvalue weighted by Gasteiger charge is -2.06. The van der Waals surface area contributed by atoms with E-state index < -0.39 is 5.97 Å². The van der Waals surface area contributed by atoms with Crippen LogP contribution in [0.5, 0.6) is 11.5 Å². The first kappa shape index (κ1) is 10.6. The Labute approximate surface area is 102 Å². The number of nitrogens with two attached hydrogens (primary N) is 1. The van der Waals surface area contributed by atoms with Crippen LogP contribution in [0.25, 0.3) is 10.9 Å². The molecule has 2 N–H and O–H groups in total. The number of ether oxygens (including phenoxy) is 3. The Morgan fingerprint density at radius 3 is 2.78 bits per heavy atom. The monoisotopic (exact) mass is 246 g/mol. The van der Waals surface area contributed by atoms with Crippen molar-refractivity contribution in [2.24, 2.45) is 0 Å². The molecule has 0 unspecified atom stereocenters. The minimum atomic E-state index is -0.527. The summed E-state index contributed by atoms with van der Waals surface area (Å²) in [4.78, 5) is 15.6. The van der Waals surface area contributed by atoms with Crippen LogP contribution in [0.3, 0.4) is 0 Å². The normalized spacial score (nSPS) is 12.7. The van der Waals surface area contributed by atoms with Crippen molar-refractivity contribution < 1.29 is 19.0 Å². The van der Waals surface area contributed by atoms with Crippen LogP contribution < -0.4 is 15.2 Å². The van der Waals surface area contributed by atoms with Crippen molar-refractivity contribution in [1.29, 1.82) is 0 Å². The second kappa shape index (κ2) is 3.76. The molecule has 1 aromatic heterocycles. The highest BCUT2D eigenvalue weighted by Gasteiger charge is 2.18. The summed E-state index contributed by atoms with van der Waals surface area (Å²) in [7, 11) is 1.30. The maximum Gasteiger partial charge on any atom is 0.356 e. The van der Waals surface area contributed by atoms with Gasteiger partial charge >= 0.3 is 5.97 Å². The molecule has 2 heterocycles. The number of nitrogen functional groups attached to an aromatic ring is 1. The van der Waals surface area contributed by atoms with Crippen LogP contribution in [-0.2, 0) is 4.74 Å². The fourth-order valence-corrected chi connectivity index (χ4v) is 1.85. The molecule has 0 spiro atoms. The second-order valence-corrected chi connectivity index (χ2v) is 3.81. The van der Waals surface area contributed by atoms with Gasteiger partial charge in [0.15, 0.2) is 17.2 Å². The number of fused-ring (bicyclic) bond motifs is 2. The molecule has 92 valence electrons. The van der Waals surface area contributed by atoms with Crippen molar-refractivity contribution in [2.75, 3.05) is 19.6 Å². The topological polar surface area (TPSA) is 83.7 Å². The highest BCUT2D eigenvalue weighted by atomic mass is 16.7. The maximum atomic E-state index is 11.4. The van der Waals surface area contributed by atoms with E-state index >= 15 is 0 Å². The smallest absolute Gasteiger partial charge is 0.356 e. The number of nitrogens with zero attached hydrogens (tertiary/aromatic N) is 1. The summed E-state index contributed by atoms with van der Waals surface area (Å²) in [6, 6.07) is 4.93. The zero-order valence-electron chi connectivity index (χ0n) is 9.60. The third-order valence-electron chi connectivity index (χ3n) is 2.73. The van der Waals surface area contributed by atoms with E-state index in [0.717, 1.165) is 0 Å². The molecular formula is C12H10N2O4. The highest BCUT2D eigenvalue weighted by Crippen LogP contribution is 2.37. The SMILES string of the molecule is COC(=O)c1cc(N)c2cc3c(cc2n1)OCO3. The first-order valence-corrected chi connectivity index (χ1v) is 5.27. The fourth-order valence-electron chi connectivity index (χ4n) is 1.85. The Bertz CT molecular complexity index is 654. The number of rotatable bonds is 1. The summed E-state index contributed by atoms with van der Waals surface area (Å²) in [5.74, 6) is 0.694. The van der Waals surface area contributed by atoms with E-state index in [1.807, 2.05) is 0 Å². The summed E-state index contributed by atoms with van der Waals surface area (Å²) in [6.45, 7) is 0.176. The Hall–Kier alpha value is -2.50. The highest BCUT2D eigenvalue weighted by molar-refractivity contribution is 5.98. The number of anilines is 1. The van der Waals surface area contributed by atoms with E-state index in [2.05, 4.69) is 9.72 Å². The zero-order valence-corrected chi connectivity index (χ0v) is 9.60. The standard InChI is InChI=1S/C12H10N2O4/c1-16-12(15)9-3-7(13)6-2-10-11(18-5-17-10)4-8(6)14-9/h2-4H,5H2,1H3,(H2,13,14). The van der Waals surface area contributed by atoms with E-state index in [9.17, 15) is 4.79 Å². The van der Waals surface area contributed by atoms with Gasteiger partial charge in [-0.25, -0.2) is 9.78 Å². The number of pyridine rings is 1. The number of hydrogen-bond donors (Lipinski definition) is 1. The third kappa shape index (κ3) is 1.50. The van der Waals surface area contributed by atoms with Gasteiger partial charge in [-0.1, -0.05) is 0 Å². The lowest BCUT2D eigenvalue weighted by molar-refractivity contribution is 0.0594. The molecule has 0 saturated heterocycles. The molecule has 0 radical (unpaired) electrons. The molecule has 0 saturated carbocycles. The molecular weight excluding hydrogens is 236 g/mol. The molecule has 3 rings (SSSR count). The largest absolute Gasteiger partial charge is 0.464 e. The molecule has 1 aliphatic heterocycles. The third-order valence-corrected chi connectivity index (χ3v) is 2.73. The Morgan fingerprint density at radius 2 is 2.06 bits per heavy atom. The van der Waals surface area contributed by atoms with Gasteiger partial charge < -0.3 is 19.9 Å². The van der Waals surface area contributed by atoms with E-state index in [0.29, 0.717) is 28.1 Å². The van der Waals surface area contributed by atoms with Crippen LogP contribution in [0.15, 0.2) is 18.2 Å². The van der Waals surface area contributed by atoms with Gasteiger partial charge in [0, 0.05) is 17.1 Å². The molecule has 1 aromatic carbocycles. The molecule has 0 aliphatic carbocycles. The van der Waals surface area contributed by atoms with Gasteiger partial charge in [-0.2, -0.15) is 0 Å². The average molecular weight is 246 g/mol. The number of aromatic nitrogens is 1. The summed E-state index contributed by atoms with van der Waals surface area (Å²) in [6.07, 6.45) is 0. The van der Waals surface area contributed by atoms with Crippen LogP contribution in [0.2, 0.25) is 0 Å². The molecule has 0 bridgehead atoms. The number of methoxy groups -OCH3 is 1. The lowest BCUT2D eigenvalue weighted by atomic mass is 10.1. The molecule has 0 amide bonds. The second-order valence-electron chi connectivity index (χ2n) is 3.81. The van der Waals surface area contributed by atoms with Crippen LogP contribution in [0.1, 0.15) is 10.5 Å². The predicted octanol–water partition coefficient (Wildman–Crippen LogP) is 1.33. The molecule has 0 atom stereocenters. The van der Waals surface area contributed by atoms with Crippen LogP contribution in [0.4, 0.5) is 5.69 Å². The van der Waals surface area contributed by atoms with Gasteiger partial charge in [-0.05, 0) is 12.1 Å². The molecule has 1 aliphatic rings. The first-order valence-electron chi connectivity index (χ1n) is 5.27. The minimum Gasteiger partial charge on any atom is -0.464 e. The summed E-state index contributed by atoms with van der Waals surface area (Å²) in [5, 5.41) is 0.715. The van der Waals surface area contributed by atoms with Crippen molar-refractivity contribution >= 4 is 22.6 Å². The summed E-state index contributed by atoms with van der Waals surface area (Å²) in [5.41, 5.74) is 7.08. The number of hydrogen-bond acceptors (Lipinski definition) is 6. The van der Waals surface area contributed by atoms with Gasteiger partial charge in [-0.3, -0.25) is 0 Å². The molecule has 2 aromatic rings. The molecule has 0 fully saturated rings. The van der Waals surface area contributed by atoms with Gasteiger partial charge in [0.1, 0.15) is 0 Å². The number of carbonyl (C=O) groups excluding carboxylic acids is 1. The van der Waals surface area contributed by atoms with E-state index in [-0.39, 0.29) is 12.5 Å². The molecule has 18 heavy (non-hydrogen) atoms. The van der Waals surface area contributed by atoms with Crippen LogP contribution >= 0.6 is 0 Å². The van der Waals surface area contributed by atoms with Crippen molar-refractivity contribution in [3.63, 3.8) is 0 Å². The van der Waals surface area contributed by atoms with E-state index in [1.165, 1.54) is 13.2 Å². The van der Waals surface area contributed by atoms with Crippen molar-refractivity contribution in [3.05, 3.63) is 23.9 Å². The van der Waals surface area contributed by atoms with E-state index in [1.54, 1.807) is 12.1 Å². The fraction of sp³-hybridized carbons (Fsp3) is 0.167. The lowest BCUT2D eigenvalue weighted by Crippen LogP contribution is -2.05. The first-order chi connectivity index (χ1) is 8.69. The maximum absolute atomic E-state index is 11.4. The van der Waals surface area contributed by atoms with Crippen molar-refractivity contribution in [2.45, 2.75) is 0 Å². The Kier molecular flexibility index (Phi) is 2.22. The summed E-state index contributed by atoms with van der Waals surface area (Å²) >= 11 is 0. The van der Waals surface area contributed by atoms with E-state index in [4.69, 9.17) is 15.2 Å². The quantitative estimate of drug-likeness (QED) is 0.764. The van der Waals surface area contributed by atoms with Gasteiger partial charge in [0.2, 0.25) is 6.79 Å².